The summed E-state index contributed by atoms with van der Waals surface area (Å²) in [6.45, 7) is 3.14. The van der Waals surface area contributed by atoms with E-state index < -0.39 is 15.8 Å². The quantitative estimate of drug-likeness (QED) is 0.753. The minimum atomic E-state index is -3.81. The van der Waals surface area contributed by atoms with Gasteiger partial charge in [0.15, 0.2) is 0 Å². The zero-order valence-electron chi connectivity index (χ0n) is 11.2. The third-order valence-corrected chi connectivity index (χ3v) is 5.87. The van der Waals surface area contributed by atoms with Crippen molar-refractivity contribution in [1.82, 2.24) is 0 Å². The molecule has 0 atom stereocenters. The van der Waals surface area contributed by atoms with Crippen LogP contribution in [0.2, 0.25) is 0 Å². The first-order valence-electron chi connectivity index (χ1n) is 5.96. The maximum atomic E-state index is 13.3. The van der Waals surface area contributed by atoms with Gasteiger partial charge in [-0.05, 0) is 81.1 Å². The van der Waals surface area contributed by atoms with Crippen molar-refractivity contribution >= 4 is 47.6 Å². The third kappa shape index (κ3) is 3.46. The molecule has 0 heterocycles. The van der Waals surface area contributed by atoms with Gasteiger partial charge in [0.05, 0.1) is 10.6 Å². The highest BCUT2D eigenvalue weighted by molar-refractivity contribution is 9.11. The lowest BCUT2D eigenvalue weighted by atomic mass is 10.1. The molecule has 0 aliphatic carbocycles. The molecule has 2 aromatic rings. The molecule has 0 aliphatic heterocycles. The van der Waals surface area contributed by atoms with Crippen molar-refractivity contribution < 1.29 is 12.8 Å². The van der Waals surface area contributed by atoms with Crippen LogP contribution in [0.25, 0.3) is 0 Å². The third-order valence-electron chi connectivity index (χ3n) is 2.89. The van der Waals surface area contributed by atoms with Gasteiger partial charge in [-0.25, -0.2) is 12.8 Å². The van der Waals surface area contributed by atoms with Gasteiger partial charge in [0.1, 0.15) is 5.82 Å². The van der Waals surface area contributed by atoms with Crippen LogP contribution in [0.3, 0.4) is 0 Å². The van der Waals surface area contributed by atoms with Crippen LogP contribution >= 0.6 is 31.9 Å². The number of para-hydroxylation sites is 1. The predicted molar refractivity (Wildman–Crippen MR) is 88.5 cm³/mol. The summed E-state index contributed by atoms with van der Waals surface area (Å²) in [5, 5.41) is 0. The Bertz CT molecular complexity index is 763. The first-order valence-corrected chi connectivity index (χ1v) is 9.03. The molecule has 21 heavy (non-hydrogen) atoms. The molecule has 3 nitrogen and oxygen atoms in total. The Morgan fingerprint density at radius 2 is 1.52 bits per heavy atom. The van der Waals surface area contributed by atoms with E-state index in [0.29, 0.717) is 25.8 Å². The number of hydrogen-bond acceptors (Lipinski definition) is 2. The van der Waals surface area contributed by atoms with Gasteiger partial charge in [-0.1, -0.05) is 6.07 Å². The van der Waals surface area contributed by atoms with Gasteiger partial charge in [0.25, 0.3) is 10.0 Å². The van der Waals surface area contributed by atoms with Crippen molar-refractivity contribution in [2.75, 3.05) is 4.72 Å². The molecule has 7 heteroatoms. The van der Waals surface area contributed by atoms with Crippen LogP contribution in [0.5, 0.6) is 0 Å². The number of anilines is 1. The summed E-state index contributed by atoms with van der Waals surface area (Å²) in [7, 11) is -3.81. The summed E-state index contributed by atoms with van der Waals surface area (Å²) in [6.07, 6.45) is 0. The van der Waals surface area contributed by atoms with Crippen LogP contribution in [-0.2, 0) is 10.0 Å². The number of hydrogen-bond donors (Lipinski definition) is 1. The fraction of sp³-hybridized carbons (Fsp3) is 0.143. The van der Waals surface area contributed by atoms with Gasteiger partial charge >= 0.3 is 0 Å². The van der Waals surface area contributed by atoms with Crippen LogP contribution in [0, 0.1) is 19.7 Å². The smallest absolute Gasteiger partial charge is 0.262 e. The lowest BCUT2D eigenvalue weighted by molar-refractivity contribution is 0.597. The minimum Gasteiger partial charge on any atom is -0.277 e. The summed E-state index contributed by atoms with van der Waals surface area (Å²) < 4.78 is 42.2. The average Bonchev–Trinajstić information content (AvgIpc) is 2.32. The van der Waals surface area contributed by atoms with Gasteiger partial charge < -0.3 is 0 Å². The summed E-state index contributed by atoms with van der Waals surface area (Å²) in [5.74, 6) is -0.453. The van der Waals surface area contributed by atoms with Crippen LogP contribution in [-0.4, -0.2) is 8.42 Å². The standard InChI is InChI=1S/C14H12Br2FNO2S/c1-8-6-10(17)7-9(2)14(8)21(19,20)18-13-11(15)4-3-5-12(13)16/h3-7,18H,1-2H3. The zero-order valence-corrected chi connectivity index (χ0v) is 15.2. The van der Waals surface area contributed by atoms with E-state index in [2.05, 4.69) is 36.6 Å². The lowest BCUT2D eigenvalue weighted by Crippen LogP contribution is -2.16. The van der Waals surface area contributed by atoms with Crippen LogP contribution in [0.1, 0.15) is 11.1 Å². The van der Waals surface area contributed by atoms with E-state index in [1.54, 1.807) is 32.0 Å². The van der Waals surface area contributed by atoms with E-state index in [4.69, 9.17) is 0 Å². The number of halogens is 3. The molecule has 0 amide bonds. The van der Waals surface area contributed by atoms with Crippen LogP contribution in [0.4, 0.5) is 10.1 Å². The number of sulfonamides is 1. The molecule has 2 rings (SSSR count). The Kier molecular flexibility index (Phi) is 4.75. The Morgan fingerprint density at radius 3 is 2.00 bits per heavy atom. The second kappa shape index (κ2) is 6.06. The molecular weight excluding hydrogens is 425 g/mol. The van der Waals surface area contributed by atoms with Crippen LogP contribution in [0.15, 0.2) is 44.2 Å². The molecule has 112 valence electrons. The minimum absolute atomic E-state index is 0.0894. The first-order chi connectivity index (χ1) is 9.72. The first kappa shape index (κ1) is 16.5. The highest BCUT2D eigenvalue weighted by Crippen LogP contribution is 2.33. The largest absolute Gasteiger partial charge is 0.277 e. The van der Waals surface area contributed by atoms with Crippen molar-refractivity contribution in [1.29, 1.82) is 0 Å². The van der Waals surface area contributed by atoms with Crippen molar-refractivity contribution in [3.05, 3.63) is 56.2 Å². The van der Waals surface area contributed by atoms with E-state index in [0.717, 1.165) is 0 Å². The maximum Gasteiger partial charge on any atom is 0.262 e. The molecule has 0 saturated heterocycles. The van der Waals surface area contributed by atoms with E-state index in [-0.39, 0.29) is 4.90 Å². The van der Waals surface area contributed by atoms with E-state index in [9.17, 15) is 12.8 Å². The number of nitrogens with one attached hydrogen (secondary N) is 1. The molecular formula is C14H12Br2FNO2S. The molecule has 0 unspecified atom stereocenters. The van der Waals surface area contributed by atoms with Gasteiger partial charge in [-0.2, -0.15) is 0 Å². The highest BCUT2D eigenvalue weighted by atomic mass is 79.9. The van der Waals surface area contributed by atoms with E-state index in [1.807, 2.05) is 0 Å². The van der Waals surface area contributed by atoms with Gasteiger partial charge in [-0.15, -0.1) is 0 Å². The van der Waals surface area contributed by atoms with Crippen molar-refractivity contribution in [2.24, 2.45) is 0 Å². The number of rotatable bonds is 3. The monoisotopic (exact) mass is 435 g/mol. The Labute approximate surface area is 139 Å². The molecule has 0 aliphatic rings. The second-order valence-electron chi connectivity index (χ2n) is 4.57. The lowest BCUT2D eigenvalue weighted by Gasteiger charge is -2.15. The number of aryl methyl sites for hydroxylation is 2. The predicted octanol–water partition coefficient (Wildman–Crippen LogP) is 4.77. The topological polar surface area (TPSA) is 46.2 Å². The zero-order chi connectivity index (χ0) is 15.8. The van der Waals surface area contributed by atoms with Crippen molar-refractivity contribution in [3.63, 3.8) is 0 Å². The second-order valence-corrected chi connectivity index (χ2v) is 7.90. The van der Waals surface area contributed by atoms with Gasteiger partial charge in [0.2, 0.25) is 0 Å². The average molecular weight is 437 g/mol. The summed E-state index contributed by atoms with van der Waals surface area (Å²) >= 11 is 6.61. The summed E-state index contributed by atoms with van der Waals surface area (Å²) in [6, 6.07) is 7.65. The van der Waals surface area contributed by atoms with E-state index in [1.165, 1.54) is 12.1 Å². The van der Waals surface area contributed by atoms with Crippen LogP contribution < -0.4 is 4.72 Å². The molecule has 0 saturated carbocycles. The van der Waals surface area contributed by atoms with Gasteiger partial charge in [-0.3, -0.25) is 4.72 Å². The molecule has 0 bridgehead atoms. The van der Waals surface area contributed by atoms with Gasteiger partial charge in [0, 0.05) is 8.95 Å². The molecule has 0 aromatic heterocycles. The number of benzene rings is 2. The Morgan fingerprint density at radius 1 is 1.05 bits per heavy atom. The summed E-state index contributed by atoms with van der Waals surface area (Å²) in [5.41, 5.74) is 1.13. The highest BCUT2D eigenvalue weighted by Gasteiger charge is 2.22. The molecule has 2 aromatic carbocycles. The Hall–Kier alpha value is -0.920. The maximum absolute atomic E-state index is 13.3. The molecule has 0 radical (unpaired) electrons. The summed E-state index contributed by atoms with van der Waals surface area (Å²) in [4.78, 5) is 0.0894. The SMILES string of the molecule is Cc1cc(F)cc(C)c1S(=O)(=O)Nc1c(Br)cccc1Br. The fourth-order valence-corrected chi connectivity index (χ4v) is 5.12. The molecule has 0 fully saturated rings. The van der Waals surface area contributed by atoms with E-state index >= 15 is 0 Å². The van der Waals surface area contributed by atoms with Crippen molar-refractivity contribution in [2.45, 2.75) is 18.7 Å². The molecule has 0 spiro atoms. The van der Waals surface area contributed by atoms with Crippen molar-refractivity contribution in [3.8, 4) is 0 Å². The fourth-order valence-electron chi connectivity index (χ4n) is 2.10. The molecule has 1 N–H and O–H groups in total. The Balaban J connectivity index is 2.54. The normalized spacial score (nSPS) is 11.5.